The molecule has 0 radical (unpaired) electrons. The lowest BCUT2D eigenvalue weighted by molar-refractivity contribution is 0.0760. The predicted octanol–water partition coefficient (Wildman–Crippen LogP) is 25.9. The minimum atomic E-state index is -1.41. The number of Topliss-reactive ketones (excluding diaryl/α,β-unsaturated/α-hetero) is 3. The van der Waals surface area contributed by atoms with E-state index in [4.69, 9.17) is 21.6 Å². The number of rotatable bonds is 12. The Bertz CT molecular complexity index is 4140. The van der Waals surface area contributed by atoms with E-state index < -0.39 is 8.32 Å². The first kappa shape index (κ1) is 130. The van der Waals surface area contributed by atoms with Crippen LogP contribution >= 0.6 is 0 Å². The lowest BCUT2D eigenvalue weighted by atomic mass is 9.90. The van der Waals surface area contributed by atoms with Crippen molar-refractivity contribution in [2.45, 2.75) is 341 Å². The van der Waals surface area contributed by atoms with Crippen molar-refractivity contribution in [1.29, 1.82) is 0 Å². The molecule has 0 fully saturated rings. The third kappa shape index (κ3) is 48.2. The second kappa shape index (κ2) is 82.1. The van der Waals surface area contributed by atoms with Crippen molar-refractivity contribution >= 4 is 43.4 Å². The number of nitrogens with two attached hydrogens (primary N) is 3. The molecule has 0 bridgehead atoms. The summed E-state index contributed by atoms with van der Waals surface area (Å²) in [5, 5.41) is 0. The van der Waals surface area contributed by atoms with Crippen molar-refractivity contribution in [3.63, 3.8) is 0 Å². The Morgan fingerprint density at radius 2 is 0.769 bits per heavy atom. The molecule has 3 amide bonds. The highest BCUT2D eigenvalue weighted by molar-refractivity contribution is 6.76. The highest BCUT2D eigenvalue weighted by atomic mass is 28.4. The second-order valence-corrected chi connectivity index (χ2v) is 33.2. The second-order valence-electron chi connectivity index (χ2n) is 29.3. The third-order valence-corrected chi connectivity index (χ3v) is 22.9. The zero-order valence-corrected chi connectivity index (χ0v) is 89.7. The Kier molecular flexibility index (Phi) is 79.5. The van der Waals surface area contributed by atoms with Crippen LogP contribution in [0, 0.1) is 20.8 Å². The maximum absolute atomic E-state index is 11.9. The molecule has 9 aromatic rings. The van der Waals surface area contributed by atoms with Gasteiger partial charge in [-0.1, -0.05) is 149 Å². The summed E-state index contributed by atoms with van der Waals surface area (Å²) in [6.45, 7) is 68.8. The van der Waals surface area contributed by atoms with Crippen LogP contribution in [-0.4, -0.2) is 149 Å². The van der Waals surface area contributed by atoms with Crippen molar-refractivity contribution in [3.05, 3.63) is 279 Å². The maximum atomic E-state index is 11.9. The van der Waals surface area contributed by atoms with E-state index in [2.05, 4.69) is 76.7 Å². The predicted molar refractivity (Wildman–Crippen MR) is 567 cm³/mol. The molecule has 6 aliphatic carbocycles. The van der Waals surface area contributed by atoms with Gasteiger partial charge in [0, 0.05) is 193 Å². The van der Waals surface area contributed by atoms with Crippen LogP contribution in [-0.2, 0) is 43.0 Å². The molecule has 134 heavy (non-hydrogen) atoms. The van der Waals surface area contributed by atoms with Gasteiger partial charge in [-0.25, -0.2) is 0 Å². The number of aromatic nitrogens is 9. The van der Waals surface area contributed by atoms with E-state index in [1.54, 1.807) is 77.8 Å². The Morgan fingerprint density at radius 1 is 0.366 bits per heavy atom. The van der Waals surface area contributed by atoms with E-state index in [0.717, 1.165) is 172 Å². The van der Waals surface area contributed by atoms with E-state index >= 15 is 0 Å². The zero-order chi connectivity index (χ0) is 102. The summed E-state index contributed by atoms with van der Waals surface area (Å²) in [6, 6.07) is 23.9. The number of hydrogen-bond acceptors (Lipinski definition) is 19. The number of carbonyl (C=O) groups excluding carboxylic acids is 6. The van der Waals surface area contributed by atoms with Crippen LogP contribution in [0.5, 0.6) is 0 Å². The van der Waals surface area contributed by atoms with Crippen molar-refractivity contribution in [2.75, 3.05) is 45.9 Å². The van der Waals surface area contributed by atoms with Gasteiger partial charge in [-0.05, 0) is 294 Å². The summed E-state index contributed by atoms with van der Waals surface area (Å²) >= 11 is 0. The molecule has 0 aromatic carbocycles. The monoisotopic (exact) mass is 1860 g/mol. The summed E-state index contributed by atoms with van der Waals surface area (Å²) < 4.78 is 5.40. The van der Waals surface area contributed by atoms with Gasteiger partial charge >= 0.3 is 0 Å². The van der Waals surface area contributed by atoms with Crippen molar-refractivity contribution in [1.82, 2.24) is 59.6 Å². The number of carbonyl (C=O) groups is 6. The molecular formula is C111H179N15O7Si. The highest BCUT2D eigenvalue weighted by Gasteiger charge is 2.23. The number of hydrogen-bond donors (Lipinski definition) is 3. The van der Waals surface area contributed by atoms with Gasteiger partial charge in [0.05, 0.1) is 11.3 Å². The Morgan fingerprint density at radius 3 is 1.26 bits per heavy atom. The normalized spacial score (nSPS) is 13.8. The van der Waals surface area contributed by atoms with Crippen molar-refractivity contribution in [2.24, 2.45) is 17.2 Å². The van der Waals surface area contributed by atoms with Gasteiger partial charge in [0.1, 0.15) is 11.4 Å². The van der Waals surface area contributed by atoms with Crippen molar-refractivity contribution in [3.8, 4) is 0 Å². The first-order valence-electron chi connectivity index (χ1n) is 50.3. The standard InChI is InChI=1S/3C11H16N2O.3C9H12N2.3C9H9NO.C6H14OSi.9C2H6/c1-4-13(5-2)11(14)10-6-7-12-8-9(10)3;1-4-13(5-2)11(14)10-8-12-7-6-9(10)3;1-4-13(5-2)11(14)10-9(3)7-6-8-12-10;10-8-5-1-3-7-4-2-6-11-9(7)8;10-9-3-1-2-7-6-11-5-4-8(7)9;10-9-3-1-2-7-4-5-11-6-8(7)9;11-8-5-1-3-7-4-2-6-10-9(7)8;11-9-3-1-2-7-6-10-5-4-8(7)9;11-9-3-1-2-7-4-5-10-6-8(7)9;1-5-7-8(3,4)6-2;9*1-2/h3*6-8H,4-5H2,1-3H3;2,4,6,8H,1,3,5,10H2;2*4-6,9H,1-3,10H2;2,4,6H,1,3,5H2;2*4-6H,1-3H2;6H,2,5H2,1,3-4H3;9*1-2H3. The lowest BCUT2D eigenvalue weighted by Crippen LogP contribution is -2.31. The van der Waals surface area contributed by atoms with Crippen LogP contribution < -0.4 is 17.2 Å². The molecule has 0 saturated carbocycles. The fourth-order valence-corrected chi connectivity index (χ4v) is 14.8. The first-order chi connectivity index (χ1) is 65.0. The van der Waals surface area contributed by atoms with E-state index in [9.17, 15) is 28.8 Å². The average molecular weight is 1860 g/mol. The fraction of sp³-hybridized carbons (Fsp3) is 0.523. The number of fused-ring (bicyclic) bond motifs is 6. The molecule has 6 aliphatic rings. The summed E-state index contributed by atoms with van der Waals surface area (Å²) in [6.07, 6.45) is 44.8. The van der Waals surface area contributed by atoms with E-state index in [1.165, 1.54) is 53.5 Å². The molecule has 9 aromatic heterocycles. The van der Waals surface area contributed by atoms with Crippen LogP contribution in [0.3, 0.4) is 0 Å². The van der Waals surface area contributed by atoms with Gasteiger partial charge in [0.2, 0.25) is 8.32 Å². The Balaban J connectivity index is -0.000000688. The van der Waals surface area contributed by atoms with E-state index in [0.29, 0.717) is 36.2 Å². The number of aryl methyl sites for hydroxylation is 9. The van der Waals surface area contributed by atoms with Gasteiger partial charge in [0.25, 0.3) is 17.7 Å². The molecular weight excluding hydrogens is 1680 g/mol. The first-order valence-corrected chi connectivity index (χ1v) is 53.3. The minimum Gasteiger partial charge on any atom is -0.414 e. The molecule has 22 nitrogen and oxygen atoms in total. The van der Waals surface area contributed by atoms with Crippen molar-refractivity contribution < 1.29 is 33.2 Å². The zero-order valence-electron chi connectivity index (χ0n) is 88.7. The third-order valence-electron chi connectivity index (χ3n) is 20.9. The molecule has 6 N–H and O–H groups in total. The largest absolute Gasteiger partial charge is 0.414 e. The lowest BCUT2D eigenvalue weighted by Gasteiger charge is -2.20. The molecule has 0 saturated heterocycles. The smallest absolute Gasteiger partial charge is 0.272 e. The number of amides is 3. The van der Waals surface area contributed by atoms with Crippen LogP contribution in [0.2, 0.25) is 13.1 Å². The topological polar surface area (TPSA) is 315 Å². The molecule has 23 heteroatoms. The SMILES string of the molecule is C=C[Si](C)(C)OCC.CC.CC.CC.CC.CC.CC.CC.CC.CC.CCN(CC)C(=O)c1ccncc1C.CCN(CC)C(=O)c1cnccc1C.CCN(CC)C(=O)c1ncccc1C.NC1CCCc2cccnc21.NC1CCCc2ccncc21.NC1CCCc2cnccc21.O=C1CCCc2cccnc21.O=C1CCCc2ccncc21.O=C1CCCc2cnccc21. The quantitative estimate of drug-likeness (QED) is 0.0957. The molecule has 3 unspecified atom stereocenters. The highest BCUT2D eigenvalue weighted by Crippen LogP contribution is 2.29. The number of ketones is 3. The van der Waals surface area contributed by atoms with Gasteiger partial charge in [0.15, 0.2) is 17.3 Å². The summed E-state index contributed by atoms with van der Waals surface area (Å²) in [5.74, 6) is 0.906. The molecule has 0 spiro atoms. The van der Waals surface area contributed by atoms with Gasteiger partial charge < -0.3 is 36.3 Å². The number of pyridine rings is 9. The van der Waals surface area contributed by atoms with Crippen LogP contribution in [0.4, 0.5) is 0 Å². The molecule has 744 valence electrons. The summed E-state index contributed by atoms with van der Waals surface area (Å²) in [4.78, 5) is 111. The number of nitrogens with zero attached hydrogens (tertiary/aromatic N) is 12. The molecule has 15 rings (SSSR count). The maximum Gasteiger partial charge on any atom is 0.272 e. The Hall–Kier alpha value is -10.4. The molecule has 0 aliphatic heterocycles. The summed E-state index contributed by atoms with van der Waals surface area (Å²) in [7, 11) is -1.41. The minimum absolute atomic E-state index is 0.0214. The van der Waals surface area contributed by atoms with E-state index in [1.807, 2.05) is 290 Å². The van der Waals surface area contributed by atoms with Crippen LogP contribution in [0.1, 0.15) is 398 Å². The van der Waals surface area contributed by atoms with Gasteiger partial charge in [-0.15, -0.1) is 6.58 Å². The van der Waals surface area contributed by atoms with Crippen LogP contribution in [0.25, 0.3) is 0 Å². The molecule has 9 heterocycles. The summed E-state index contributed by atoms with van der Waals surface area (Å²) in [5.41, 5.74) is 38.0. The fourth-order valence-electron chi connectivity index (χ4n) is 13.9. The average Bonchev–Trinajstić information content (AvgIpc) is 0.845. The van der Waals surface area contributed by atoms with Gasteiger partial charge in [-0.2, -0.15) is 0 Å². The van der Waals surface area contributed by atoms with Crippen LogP contribution in [0.15, 0.2) is 178 Å². The molecule has 3 atom stereocenters. The van der Waals surface area contributed by atoms with Gasteiger partial charge in [-0.3, -0.25) is 73.6 Å². The Labute approximate surface area is 813 Å². The van der Waals surface area contributed by atoms with E-state index in [-0.39, 0.29) is 53.2 Å².